The van der Waals surface area contributed by atoms with E-state index in [0.717, 1.165) is 20.3 Å². The molecule has 14 heteroatoms. The Kier molecular flexibility index (Phi) is 8.66. The minimum Gasteiger partial charge on any atom is -0.469 e. The van der Waals surface area contributed by atoms with Gasteiger partial charge in [-0.25, -0.2) is 9.59 Å². The molecule has 204 valence electrons. The number of benzene rings is 2. The van der Waals surface area contributed by atoms with Crippen molar-refractivity contribution in [3.05, 3.63) is 76.9 Å². The van der Waals surface area contributed by atoms with E-state index in [9.17, 15) is 32.8 Å². The fourth-order valence-corrected chi connectivity index (χ4v) is 3.68. The van der Waals surface area contributed by atoms with Crippen molar-refractivity contribution < 1.29 is 46.5 Å². The maximum absolute atomic E-state index is 12.7. The summed E-state index contributed by atoms with van der Waals surface area (Å²) in [6.45, 7) is 0. The number of hydrogen-bond acceptors (Lipinski definition) is 9. The predicted octanol–water partition coefficient (Wildman–Crippen LogP) is 4.03. The van der Waals surface area contributed by atoms with Crippen molar-refractivity contribution in [3.63, 3.8) is 0 Å². The molecule has 1 atom stereocenters. The first-order valence-corrected chi connectivity index (χ1v) is 11.0. The Bertz CT molecular complexity index is 1400. The summed E-state index contributed by atoms with van der Waals surface area (Å²) >= 11 is 0. The monoisotopic (exact) mass is 546 g/mol. The van der Waals surface area contributed by atoms with Gasteiger partial charge in [0, 0.05) is 5.69 Å². The summed E-state index contributed by atoms with van der Waals surface area (Å²) < 4.78 is 56.9. The molecule has 1 heterocycles. The third-order valence-corrected chi connectivity index (χ3v) is 5.27. The van der Waals surface area contributed by atoms with E-state index in [4.69, 9.17) is 15.2 Å². The van der Waals surface area contributed by atoms with Gasteiger partial charge in [-0.05, 0) is 29.8 Å². The molecule has 1 aliphatic rings. The number of nitrogens with one attached hydrogen (secondary N) is 2. The molecule has 0 radical (unpaired) electrons. The van der Waals surface area contributed by atoms with Crippen molar-refractivity contribution in [3.8, 4) is 11.8 Å². The lowest BCUT2D eigenvalue weighted by Gasteiger charge is -2.27. The predicted molar refractivity (Wildman–Crippen MR) is 129 cm³/mol. The van der Waals surface area contributed by atoms with Gasteiger partial charge in [-0.2, -0.15) is 5.26 Å². The van der Waals surface area contributed by atoms with Crippen LogP contribution in [0.25, 0.3) is 0 Å². The molecular formula is C25H21F3N4O7. The highest BCUT2D eigenvalue weighted by atomic mass is 19.4. The van der Waals surface area contributed by atoms with Crippen LogP contribution in [0.3, 0.4) is 0 Å². The molecule has 1 unspecified atom stereocenters. The number of methoxy groups -OCH3 is 2. The number of nitrogens with zero attached hydrogens (tertiary/aromatic N) is 1. The minimum absolute atomic E-state index is 0.139. The van der Waals surface area contributed by atoms with Crippen LogP contribution in [0.4, 0.5) is 29.3 Å². The third-order valence-electron chi connectivity index (χ3n) is 5.27. The van der Waals surface area contributed by atoms with Gasteiger partial charge in [-0.15, -0.1) is 13.2 Å². The molecule has 2 amide bonds. The lowest BCUT2D eigenvalue weighted by Crippen LogP contribution is -2.27. The Hall–Kier alpha value is -5.19. The number of carbonyl (C=O) groups excluding carboxylic acids is 3. The van der Waals surface area contributed by atoms with Gasteiger partial charge in [0.25, 0.3) is 0 Å². The zero-order chi connectivity index (χ0) is 28.7. The second-order valence-electron chi connectivity index (χ2n) is 7.75. The molecule has 0 bridgehead atoms. The molecule has 0 spiro atoms. The molecule has 0 aliphatic carbocycles. The first-order valence-electron chi connectivity index (χ1n) is 11.0. The second-order valence-corrected chi connectivity index (χ2v) is 7.75. The van der Waals surface area contributed by atoms with Crippen molar-refractivity contribution in [2.24, 2.45) is 5.73 Å². The maximum Gasteiger partial charge on any atom is 0.573 e. The van der Waals surface area contributed by atoms with E-state index in [0.29, 0.717) is 0 Å². The summed E-state index contributed by atoms with van der Waals surface area (Å²) in [6.07, 6.45) is -5.46. The van der Waals surface area contributed by atoms with Gasteiger partial charge in [-0.3, -0.25) is 4.79 Å². The standard InChI is InChI=1S/C25H21F3N4O7/c1-36-19(33)11-18-21(23(34)37-2)20(15(12-29)22(30)38-18)13-6-5-7-14(10-13)31-24(35)32-16-8-3-4-9-17(16)39-25(26,27)28/h3-10,20H,11,30H2,1-2H3,(H2,31,32,35). The van der Waals surface area contributed by atoms with Crippen LogP contribution in [0.1, 0.15) is 17.9 Å². The number of urea groups is 1. The smallest absolute Gasteiger partial charge is 0.469 e. The van der Waals surface area contributed by atoms with Crippen LogP contribution in [0.15, 0.2) is 71.3 Å². The molecule has 11 nitrogen and oxygen atoms in total. The van der Waals surface area contributed by atoms with Crippen molar-refractivity contribution in [2.45, 2.75) is 18.7 Å². The van der Waals surface area contributed by atoms with Gasteiger partial charge in [0.05, 0.1) is 31.4 Å². The van der Waals surface area contributed by atoms with Crippen molar-refractivity contribution >= 4 is 29.3 Å². The Morgan fingerprint density at radius 1 is 1.08 bits per heavy atom. The molecule has 0 saturated heterocycles. The summed E-state index contributed by atoms with van der Waals surface area (Å²) in [5.41, 5.74) is 5.73. The number of halogens is 3. The summed E-state index contributed by atoms with van der Waals surface area (Å²) in [5.74, 6) is -3.97. The number of rotatable bonds is 7. The topological polar surface area (TPSA) is 162 Å². The molecular weight excluding hydrogens is 525 g/mol. The van der Waals surface area contributed by atoms with E-state index in [2.05, 4.69) is 20.1 Å². The van der Waals surface area contributed by atoms with Crippen LogP contribution in [-0.2, 0) is 23.8 Å². The summed E-state index contributed by atoms with van der Waals surface area (Å²) in [6, 6.07) is 11.8. The highest BCUT2D eigenvalue weighted by Crippen LogP contribution is 2.41. The van der Waals surface area contributed by atoms with Crippen molar-refractivity contribution in [1.82, 2.24) is 0 Å². The number of nitrogens with two attached hydrogens (primary N) is 1. The second kappa shape index (κ2) is 11.9. The van der Waals surface area contributed by atoms with Gasteiger partial charge >= 0.3 is 24.3 Å². The van der Waals surface area contributed by atoms with E-state index in [1.54, 1.807) is 0 Å². The number of ether oxygens (including phenoxy) is 4. The zero-order valence-corrected chi connectivity index (χ0v) is 20.4. The number of nitriles is 1. The number of esters is 2. The summed E-state index contributed by atoms with van der Waals surface area (Å²) in [4.78, 5) is 37.3. The van der Waals surface area contributed by atoms with Gasteiger partial charge in [0.15, 0.2) is 5.75 Å². The average molecular weight is 546 g/mol. The minimum atomic E-state index is -4.97. The third kappa shape index (κ3) is 6.98. The van der Waals surface area contributed by atoms with Crippen LogP contribution in [0.5, 0.6) is 5.75 Å². The van der Waals surface area contributed by atoms with Gasteiger partial charge in [-0.1, -0.05) is 24.3 Å². The number of para-hydroxylation sites is 2. The van der Waals surface area contributed by atoms with Gasteiger partial charge < -0.3 is 35.3 Å². The highest BCUT2D eigenvalue weighted by Gasteiger charge is 2.38. The lowest BCUT2D eigenvalue weighted by atomic mass is 9.82. The Labute approximate surface area is 219 Å². The molecule has 39 heavy (non-hydrogen) atoms. The Morgan fingerprint density at radius 2 is 1.79 bits per heavy atom. The average Bonchev–Trinajstić information content (AvgIpc) is 2.88. The van der Waals surface area contributed by atoms with Gasteiger partial charge in [0.1, 0.15) is 23.8 Å². The van der Waals surface area contributed by atoms with E-state index in [-0.39, 0.29) is 39.7 Å². The summed E-state index contributed by atoms with van der Waals surface area (Å²) in [5, 5.41) is 14.5. The lowest BCUT2D eigenvalue weighted by molar-refractivity contribution is -0.274. The fraction of sp³-hybridized carbons (Fsp3) is 0.200. The van der Waals surface area contributed by atoms with E-state index < -0.39 is 42.4 Å². The zero-order valence-electron chi connectivity index (χ0n) is 20.4. The first kappa shape index (κ1) is 28.4. The Balaban J connectivity index is 1.95. The molecule has 3 rings (SSSR count). The number of carbonyl (C=O) groups is 3. The van der Waals surface area contributed by atoms with Crippen LogP contribution in [0.2, 0.25) is 0 Å². The fourth-order valence-electron chi connectivity index (χ4n) is 3.68. The van der Waals surface area contributed by atoms with Gasteiger partial charge in [0.2, 0.25) is 5.88 Å². The van der Waals surface area contributed by atoms with E-state index >= 15 is 0 Å². The normalized spacial score (nSPS) is 15.0. The quantitative estimate of drug-likeness (QED) is 0.435. The van der Waals surface area contributed by atoms with Crippen LogP contribution < -0.4 is 21.1 Å². The number of allylic oxidation sites excluding steroid dienone is 1. The highest BCUT2D eigenvalue weighted by molar-refractivity contribution is 6.01. The largest absolute Gasteiger partial charge is 0.573 e. The molecule has 0 fully saturated rings. The molecule has 2 aromatic rings. The number of alkyl halides is 3. The van der Waals surface area contributed by atoms with E-state index in [1.807, 2.05) is 6.07 Å². The molecule has 2 aromatic carbocycles. The molecule has 0 aromatic heterocycles. The molecule has 1 aliphatic heterocycles. The van der Waals surface area contributed by atoms with E-state index in [1.165, 1.54) is 42.5 Å². The number of hydrogen-bond donors (Lipinski definition) is 3. The summed E-state index contributed by atoms with van der Waals surface area (Å²) in [7, 11) is 2.23. The number of amides is 2. The molecule has 0 saturated carbocycles. The Morgan fingerprint density at radius 3 is 2.44 bits per heavy atom. The first-order chi connectivity index (χ1) is 18.5. The maximum atomic E-state index is 12.7. The number of anilines is 2. The molecule has 4 N–H and O–H groups in total. The van der Waals surface area contributed by atoms with Crippen LogP contribution in [0, 0.1) is 11.3 Å². The SMILES string of the molecule is COC(=O)CC1=C(C(=O)OC)C(c2cccc(NC(=O)Nc3ccccc3OC(F)(F)F)c2)C(C#N)=C(N)O1. The van der Waals surface area contributed by atoms with Crippen molar-refractivity contribution in [1.29, 1.82) is 5.26 Å². The van der Waals surface area contributed by atoms with Crippen LogP contribution >= 0.6 is 0 Å². The van der Waals surface area contributed by atoms with Crippen molar-refractivity contribution in [2.75, 3.05) is 24.9 Å². The van der Waals surface area contributed by atoms with Crippen LogP contribution in [-0.4, -0.2) is 38.6 Å².